The lowest BCUT2D eigenvalue weighted by molar-refractivity contribution is 0.144. The van der Waals surface area contributed by atoms with Crippen LogP contribution in [0.1, 0.15) is 48.8 Å². The van der Waals surface area contributed by atoms with E-state index in [1.807, 2.05) is 6.07 Å². The lowest BCUT2D eigenvalue weighted by atomic mass is 9.95. The fraction of sp³-hybridized carbons (Fsp3) is 0.450. The molecule has 2 atom stereocenters. The van der Waals surface area contributed by atoms with Gasteiger partial charge in [-0.05, 0) is 43.5 Å². The van der Waals surface area contributed by atoms with Crippen LogP contribution < -0.4 is 15.8 Å². The predicted molar refractivity (Wildman–Crippen MR) is 115 cm³/mol. The van der Waals surface area contributed by atoms with E-state index in [9.17, 15) is 17.2 Å². The number of hydrogen-bond acceptors (Lipinski definition) is 7. The molecule has 0 saturated carbocycles. The molecule has 2 unspecified atom stereocenters. The van der Waals surface area contributed by atoms with Crippen molar-refractivity contribution < 1.29 is 17.2 Å². The smallest absolute Gasteiger partial charge is 0.282 e. The van der Waals surface area contributed by atoms with Gasteiger partial charge in [-0.3, -0.25) is 4.98 Å². The predicted octanol–water partition coefficient (Wildman–Crippen LogP) is 1.92. The molecule has 9 nitrogen and oxygen atoms in total. The molecular weight excluding hydrogens is 440 g/mol. The van der Waals surface area contributed by atoms with Gasteiger partial charge in [-0.2, -0.15) is 5.10 Å². The second kappa shape index (κ2) is 9.14. The number of nitrogens with one attached hydrogen (secondary N) is 2. The Labute approximate surface area is 184 Å². The summed E-state index contributed by atoms with van der Waals surface area (Å²) in [5.41, 5.74) is 8.69. The Morgan fingerprint density at radius 3 is 2.84 bits per heavy atom. The van der Waals surface area contributed by atoms with Gasteiger partial charge in [0, 0.05) is 30.7 Å². The number of imidazole rings is 1. The van der Waals surface area contributed by atoms with Crippen LogP contribution in [0, 0.1) is 0 Å². The van der Waals surface area contributed by atoms with Gasteiger partial charge in [-0.1, -0.05) is 0 Å². The highest BCUT2D eigenvalue weighted by Crippen LogP contribution is 2.29. The number of fused-ring (bicyclic) bond motifs is 1. The molecule has 1 aliphatic heterocycles. The first kappa shape index (κ1) is 22.6. The summed E-state index contributed by atoms with van der Waals surface area (Å²) >= 11 is 0. The van der Waals surface area contributed by atoms with E-state index in [0.717, 1.165) is 36.8 Å². The second-order valence-corrected chi connectivity index (χ2v) is 9.75. The zero-order valence-corrected chi connectivity index (χ0v) is 18.3. The highest BCUT2D eigenvalue weighted by molar-refractivity contribution is 7.88. The molecule has 0 spiro atoms. The standard InChI is InChI=1S/C20H25F2N7O2S/c1-32(30,31)25-10-13-3-2-4-15(26-13)17-8-12(7-14(9-23)27-17)18-11-24-19-6-5-16(20(21)22)28-29(18)19/h5-8,11,13,15,20,25-26H,2-4,9-10,23H2,1H3. The van der Waals surface area contributed by atoms with Crippen LogP contribution in [0.25, 0.3) is 16.9 Å². The summed E-state index contributed by atoms with van der Waals surface area (Å²) in [6.07, 6.45) is 2.62. The van der Waals surface area contributed by atoms with Crippen molar-refractivity contribution in [2.75, 3.05) is 12.8 Å². The van der Waals surface area contributed by atoms with Crippen molar-refractivity contribution >= 4 is 15.7 Å². The average molecular weight is 466 g/mol. The van der Waals surface area contributed by atoms with Crippen molar-refractivity contribution in [3.05, 3.63) is 47.5 Å². The molecule has 0 amide bonds. The Morgan fingerprint density at radius 2 is 2.12 bits per heavy atom. The first-order valence-electron chi connectivity index (χ1n) is 10.3. The maximum absolute atomic E-state index is 13.2. The van der Waals surface area contributed by atoms with E-state index >= 15 is 0 Å². The summed E-state index contributed by atoms with van der Waals surface area (Å²) in [7, 11) is -3.28. The molecule has 0 aliphatic carbocycles. The minimum atomic E-state index is -3.28. The molecule has 3 aromatic heterocycles. The SMILES string of the molecule is CS(=O)(=O)NCC1CCCC(c2cc(-c3cnc4ccc(C(F)F)nn34)cc(CN)n2)N1. The minimum absolute atomic E-state index is 0.0266. The van der Waals surface area contributed by atoms with Crippen LogP contribution in [-0.2, 0) is 16.6 Å². The highest BCUT2D eigenvalue weighted by atomic mass is 32.2. The summed E-state index contributed by atoms with van der Waals surface area (Å²) in [5, 5.41) is 7.50. The third-order valence-electron chi connectivity index (χ3n) is 5.44. The van der Waals surface area contributed by atoms with Gasteiger partial charge in [0.15, 0.2) is 5.65 Å². The molecule has 4 N–H and O–H groups in total. The average Bonchev–Trinajstić information content (AvgIpc) is 3.20. The number of pyridine rings is 1. The molecule has 3 aromatic rings. The van der Waals surface area contributed by atoms with Crippen molar-refractivity contribution in [2.24, 2.45) is 5.73 Å². The molecule has 0 aromatic carbocycles. The first-order chi connectivity index (χ1) is 15.2. The van der Waals surface area contributed by atoms with E-state index in [-0.39, 0.29) is 24.3 Å². The summed E-state index contributed by atoms with van der Waals surface area (Å²) in [6.45, 7) is 0.505. The van der Waals surface area contributed by atoms with E-state index in [2.05, 4.69) is 25.1 Å². The molecule has 12 heteroatoms. The third-order valence-corrected chi connectivity index (χ3v) is 6.13. The Bertz CT molecular complexity index is 1220. The van der Waals surface area contributed by atoms with Gasteiger partial charge in [0.05, 0.1) is 29.5 Å². The van der Waals surface area contributed by atoms with E-state index in [1.165, 1.54) is 16.6 Å². The van der Waals surface area contributed by atoms with Crippen LogP contribution in [0.2, 0.25) is 0 Å². The molecule has 0 bridgehead atoms. The van der Waals surface area contributed by atoms with Crippen molar-refractivity contribution in [1.29, 1.82) is 0 Å². The van der Waals surface area contributed by atoms with Crippen LogP contribution >= 0.6 is 0 Å². The van der Waals surface area contributed by atoms with Gasteiger partial charge in [-0.15, -0.1) is 0 Å². The Morgan fingerprint density at radius 1 is 1.31 bits per heavy atom. The fourth-order valence-corrected chi connectivity index (χ4v) is 4.41. The van der Waals surface area contributed by atoms with Gasteiger partial charge >= 0.3 is 0 Å². The number of piperidine rings is 1. The number of rotatable bonds is 7. The van der Waals surface area contributed by atoms with Crippen molar-refractivity contribution in [3.8, 4) is 11.3 Å². The zero-order chi connectivity index (χ0) is 22.9. The summed E-state index contributed by atoms with van der Waals surface area (Å²) in [5.74, 6) is 0. The van der Waals surface area contributed by atoms with Gasteiger partial charge in [0.1, 0.15) is 5.69 Å². The van der Waals surface area contributed by atoms with E-state index in [0.29, 0.717) is 23.6 Å². The van der Waals surface area contributed by atoms with Gasteiger partial charge in [0.25, 0.3) is 6.43 Å². The number of nitrogens with two attached hydrogens (primary N) is 1. The molecular formula is C20H25F2N7O2S. The normalized spacial score (nSPS) is 19.7. The fourth-order valence-electron chi connectivity index (χ4n) is 3.91. The number of hydrogen-bond donors (Lipinski definition) is 3. The molecule has 4 rings (SSSR count). The molecule has 0 radical (unpaired) electrons. The summed E-state index contributed by atoms with van der Waals surface area (Å²) in [4.78, 5) is 8.93. The number of halogens is 2. The monoisotopic (exact) mass is 465 g/mol. The second-order valence-electron chi connectivity index (χ2n) is 7.92. The minimum Gasteiger partial charge on any atom is -0.325 e. The topological polar surface area (TPSA) is 127 Å². The van der Waals surface area contributed by atoms with Crippen LogP contribution in [0.5, 0.6) is 0 Å². The number of alkyl halides is 2. The number of sulfonamides is 1. The lowest BCUT2D eigenvalue weighted by Crippen LogP contribution is -2.44. The van der Waals surface area contributed by atoms with Crippen molar-refractivity contribution in [2.45, 2.75) is 44.3 Å². The summed E-state index contributed by atoms with van der Waals surface area (Å²) in [6, 6.07) is 6.33. The Balaban J connectivity index is 1.66. The zero-order valence-electron chi connectivity index (χ0n) is 17.5. The Hall–Kier alpha value is -2.54. The molecule has 172 valence electrons. The molecule has 1 fully saturated rings. The Kier molecular flexibility index (Phi) is 6.47. The maximum atomic E-state index is 13.2. The maximum Gasteiger partial charge on any atom is 0.282 e. The molecule has 1 saturated heterocycles. The molecule has 1 aliphatic rings. The van der Waals surface area contributed by atoms with Gasteiger partial charge in [-0.25, -0.2) is 31.4 Å². The van der Waals surface area contributed by atoms with E-state index < -0.39 is 16.4 Å². The first-order valence-corrected chi connectivity index (χ1v) is 12.2. The van der Waals surface area contributed by atoms with E-state index in [4.69, 9.17) is 5.73 Å². The largest absolute Gasteiger partial charge is 0.325 e. The number of nitrogens with zero attached hydrogens (tertiary/aromatic N) is 4. The van der Waals surface area contributed by atoms with Crippen molar-refractivity contribution in [1.82, 2.24) is 29.6 Å². The quantitative estimate of drug-likeness (QED) is 0.486. The third kappa shape index (κ3) is 5.09. The van der Waals surface area contributed by atoms with Crippen LogP contribution in [-0.4, -0.2) is 46.8 Å². The highest BCUT2D eigenvalue weighted by Gasteiger charge is 2.25. The van der Waals surface area contributed by atoms with Gasteiger partial charge < -0.3 is 11.1 Å². The van der Waals surface area contributed by atoms with Gasteiger partial charge in [0.2, 0.25) is 10.0 Å². The molecule has 32 heavy (non-hydrogen) atoms. The lowest BCUT2D eigenvalue weighted by Gasteiger charge is -2.31. The number of aromatic nitrogens is 4. The molecule has 4 heterocycles. The van der Waals surface area contributed by atoms with Crippen LogP contribution in [0.15, 0.2) is 30.5 Å². The van der Waals surface area contributed by atoms with Crippen LogP contribution in [0.3, 0.4) is 0 Å². The summed E-state index contributed by atoms with van der Waals surface area (Å²) < 4.78 is 53.1. The van der Waals surface area contributed by atoms with E-state index in [1.54, 1.807) is 12.3 Å². The van der Waals surface area contributed by atoms with Crippen LogP contribution in [0.4, 0.5) is 8.78 Å². The van der Waals surface area contributed by atoms with Crippen molar-refractivity contribution in [3.63, 3.8) is 0 Å².